The molecule has 0 spiro atoms. The van der Waals surface area contributed by atoms with Gasteiger partial charge in [-0.15, -0.1) is 0 Å². The van der Waals surface area contributed by atoms with E-state index in [9.17, 15) is 9.59 Å². The lowest BCUT2D eigenvalue weighted by atomic mass is 10.3. The first-order chi connectivity index (χ1) is 8.17. The van der Waals surface area contributed by atoms with Crippen LogP contribution in [0.3, 0.4) is 0 Å². The number of methoxy groups -OCH3 is 2. The topological polar surface area (TPSA) is 77.8 Å². The molecule has 0 aliphatic heterocycles. The molecule has 1 aromatic rings. The molecule has 6 heteroatoms. The lowest BCUT2D eigenvalue weighted by Crippen LogP contribution is -2.22. The normalized spacial score (nSPS) is 10.8. The van der Waals surface area contributed by atoms with E-state index in [4.69, 9.17) is 4.42 Å². The smallest absolute Gasteiger partial charge is 0.354 e. The van der Waals surface area contributed by atoms with E-state index in [1.165, 1.54) is 20.5 Å². The number of carbonyl (C=O) groups excluding carboxylic acids is 2. The van der Waals surface area contributed by atoms with E-state index < -0.39 is 11.9 Å². The van der Waals surface area contributed by atoms with Crippen LogP contribution >= 0.6 is 0 Å². The predicted molar refractivity (Wildman–Crippen MR) is 57.7 cm³/mol. The Balaban J connectivity index is 2.67. The number of rotatable bonds is 5. The monoisotopic (exact) mass is 239 g/mol. The number of nitrogens with one attached hydrogen (secondary N) is 1. The van der Waals surface area contributed by atoms with Gasteiger partial charge in [0.05, 0.1) is 33.1 Å². The molecule has 1 rings (SSSR count). The number of esters is 2. The van der Waals surface area contributed by atoms with E-state index in [0.29, 0.717) is 5.76 Å². The van der Waals surface area contributed by atoms with Crippen LogP contribution in [0.15, 0.2) is 34.6 Å². The SMILES string of the molecule is COC(=O)/C=C(/NCc1ccco1)C(=O)OC. The molecule has 1 heterocycles. The highest BCUT2D eigenvalue weighted by atomic mass is 16.5. The van der Waals surface area contributed by atoms with Gasteiger partial charge in [-0.2, -0.15) is 0 Å². The zero-order valence-electron chi connectivity index (χ0n) is 9.56. The summed E-state index contributed by atoms with van der Waals surface area (Å²) in [5.41, 5.74) is 0.00995. The molecule has 0 atom stereocenters. The van der Waals surface area contributed by atoms with Crippen LogP contribution < -0.4 is 5.32 Å². The Kier molecular flexibility index (Phi) is 4.80. The highest BCUT2D eigenvalue weighted by Crippen LogP contribution is 2.02. The first kappa shape index (κ1) is 12.8. The largest absolute Gasteiger partial charge is 0.467 e. The van der Waals surface area contributed by atoms with Crippen molar-refractivity contribution in [1.29, 1.82) is 0 Å². The van der Waals surface area contributed by atoms with Crippen molar-refractivity contribution < 1.29 is 23.5 Å². The second-order valence-electron chi connectivity index (χ2n) is 3.01. The summed E-state index contributed by atoms with van der Waals surface area (Å²) >= 11 is 0. The van der Waals surface area contributed by atoms with Gasteiger partial charge in [-0.05, 0) is 12.1 Å². The highest BCUT2D eigenvalue weighted by Gasteiger charge is 2.12. The first-order valence-electron chi connectivity index (χ1n) is 4.81. The highest BCUT2D eigenvalue weighted by molar-refractivity contribution is 5.95. The fourth-order valence-electron chi connectivity index (χ4n) is 1.06. The third kappa shape index (κ3) is 4.02. The van der Waals surface area contributed by atoms with Crippen molar-refractivity contribution in [2.45, 2.75) is 6.54 Å². The molecule has 92 valence electrons. The summed E-state index contributed by atoms with van der Waals surface area (Å²) in [6, 6.07) is 3.46. The van der Waals surface area contributed by atoms with Crippen LogP contribution in [0, 0.1) is 0 Å². The summed E-state index contributed by atoms with van der Waals surface area (Å²) < 4.78 is 14.0. The minimum absolute atomic E-state index is 0.00995. The van der Waals surface area contributed by atoms with E-state index in [-0.39, 0.29) is 12.2 Å². The molecule has 0 fully saturated rings. The van der Waals surface area contributed by atoms with Gasteiger partial charge in [0, 0.05) is 0 Å². The standard InChI is InChI=1S/C11H13NO5/c1-15-10(13)6-9(11(14)16-2)12-7-8-4-3-5-17-8/h3-6,12H,7H2,1-2H3/b9-6+. The van der Waals surface area contributed by atoms with Gasteiger partial charge >= 0.3 is 11.9 Å². The van der Waals surface area contributed by atoms with E-state index in [2.05, 4.69) is 14.8 Å². The Bertz CT molecular complexity index is 408. The third-order valence-electron chi connectivity index (χ3n) is 1.90. The van der Waals surface area contributed by atoms with Crippen molar-refractivity contribution in [3.63, 3.8) is 0 Å². The Morgan fingerprint density at radius 3 is 2.71 bits per heavy atom. The van der Waals surface area contributed by atoms with Crippen molar-refractivity contribution in [3.05, 3.63) is 35.9 Å². The molecule has 1 aromatic heterocycles. The van der Waals surface area contributed by atoms with Gasteiger partial charge in [-0.3, -0.25) is 0 Å². The molecule has 0 bridgehead atoms. The molecule has 0 aliphatic rings. The maximum Gasteiger partial charge on any atom is 0.354 e. The van der Waals surface area contributed by atoms with Gasteiger partial charge in [0.1, 0.15) is 11.5 Å². The summed E-state index contributed by atoms with van der Waals surface area (Å²) in [5, 5.41) is 2.73. The van der Waals surface area contributed by atoms with Gasteiger partial charge in [0.15, 0.2) is 0 Å². The van der Waals surface area contributed by atoms with E-state index in [1.54, 1.807) is 12.1 Å². The molecule has 0 aliphatic carbocycles. The fraction of sp³-hybridized carbons (Fsp3) is 0.273. The average molecular weight is 239 g/mol. The van der Waals surface area contributed by atoms with Crippen LogP contribution in [0.1, 0.15) is 5.76 Å². The Morgan fingerprint density at radius 1 is 1.41 bits per heavy atom. The average Bonchev–Trinajstić information content (AvgIpc) is 2.86. The second-order valence-corrected chi connectivity index (χ2v) is 3.01. The maximum absolute atomic E-state index is 11.3. The maximum atomic E-state index is 11.3. The number of hydrogen-bond acceptors (Lipinski definition) is 6. The molecule has 6 nitrogen and oxygen atoms in total. The van der Waals surface area contributed by atoms with Crippen LogP contribution in [-0.4, -0.2) is 26.2 Å². The summed E-state index contributed by atoms with van der Waals surface area (Å²) in [6.45, 7) is 0.269. The Hall–Kier alpha value is -2.24. The zero-order valence-corrected chi connectivity index (χ0v) is 9.56. The van der Waals surface area contributed by atoms with Crippen LogP contribution in [-0.2, 0) is 25.6 Å². The number of hydrogen-bond donors (Lipinski definition) is 1. The van der Waals surface area contributed by atoms with Gasteiger partial charge in [-0.1, -0.05) is 0 Å². The van der Waals surface area contributed by atoms with E-state index in [0.717, 1.165) is 6.08 Å². The Morgan fingerprint density at radius 2 is 2.18 bits per heavy atom. The van der Waals surface area contributed by atoms with Gasteiger partial charge in [-0.25, -0.2) is 9.59 Å². The summed E-state index contributed by atoms with van der Waals surface area (Å²) in [5.74, 6) is -0.663. The molecule has 1 N–H and O–H groups in total. The first-order valence-corrected chi connectivity index (χ1v) is 4.81. The summed E-state index contributed by atoms with van der Waals surface area (Å²) in [4.78, 5) is 22.4. The van der Waals surface area contributed by atoms with Crippen molar-refractivity contribution in [3.8, 4) is 0 Å². The van der Waals surface area contributed by atoms with E-state index in [1.807, 2.05) is 0 Å². The number of furan rings is 1. The van der Waals surface area contributed by atoms with Crippen LogP contribution in [0.5, 0.6) is 0 Å². The molecule has 0 saturated heterocycles. The van der Waals surface area contributed by atoms with Crippen molar-refractivity contribution in [2.75, 3.05) is 14.2 Å². The fourth-order valence-corrected chi connectivity index (χ4v) is 1.06. The summed E-state index contributed by atoms with van der Waals surface area (Å²) in [6.07, 6.45) is 2.54. The van der Waals surface area contributed by atoms with Crippen LogP contribution in [0.2, 0.25) is 0 Å². The molecule has 0 unspecified atom stereocenters. The van der Waals surface area contributed by atoms with Gasteiger partial charge in [0.2, 0.25) is 0 Å². The molecule has 0 radical (unpaired) electrons. The zero-order chi connectivity index (χ0) is 12.7. The minimum atomic E-state index is -0.651. The Labute approximate surface area is 98.2 Å². The summed E-state index contributed by atoms with van der Waals surface area (Å²) in [7, 11) is 2.45. The minimum Gasteiger partial charge on any atom is -0.467 e. The van der Waals surface area contributed by atoms with Crippen molar-refractivity contribution >= 4 is 11.9 Å². The quantitative estimate of drug-likeness (QED) is 0.598. The number of carbonyl (C=O) groups is 2. The predicted octanol–water partition coefficient (Wildman–Crippen LogP) is 0.599. The van der Waals surface area contributed by atoms with Crippen LogP contribution in [0.25, 0.3) is 0 Å². The molecule has 0 aromatic carbocycles. The van der Waals surface area contributed by atoms with Gasteiger partial charge < -0.3 is 19.2 Å². The number of ether oxygens (including phenoxy) is 2. The lowest BCUT2D eigenvalue weighted by Gasteiger charge is -2.07. The molecule has 0 saturated carbocycles. The van der Waals surface area contributed by atoms with Crippen molar-refractivity contribution in [1.82, 2.24) is 5.32 Å². The second kappa shape index (κ2) is 6.37. The van der Waals surface area contributed by atoms with E-state index >= 15 is 0 Å². The van der Waals surface area contributed by atoms with Crippen molar-refractivity contribution in [2.24, 2.45) is 0 Å². The third-order valence-corrected chi connectivity index (χ3v) is 1.90. The molecular formula is C11H13NO5. The molecule has 0 amide bonds. The lowest BCUT2D eigenvalue weighted by molar-refractivity contribution is -0.138. The van der Waals surface area contributed by atoms with Crippen LogP contribution in [0.4, 0.5) is 0 Å². The van der Waals surface area contributed by atoms with Gasteiger partial charge in [0.25, 0.3) is 0 Å². The molecular weight excluding hydrogens is 226 g/mol. The molecule has 17 heavy (non-hydrogen) atoms.